The van der Waals surface area contributed by atoms with Crippen LogP contribution in [0.4, 0.5) is 0 Å². The van der Waals surface area contributed by atoms with Gasteiger partial charge in [-0.3, -0.25) is 4.79 Å². The first kappa shape index (κ1) is 13.8. The first-order valence-corrected chi connectivity index (χ1v) is 6.91. The minimum absolute atomic E-state index is 0.0481. The largest absolute Gasteiger partial charge is 0.464 e. The molecule has 108 valence electrons. The van der Waals surface area contributed by atoms with Gasteiger partial charge in [-0.1, -0.05) is 48.5 Å². The molecule has 1 N–H and O–H groups in total. The van der Waals surface area contributed by atoms with Crippen molar-refractivity contribution in [3.8, 4) is 11.1 Å². The van der Waals surface area contributed by atoms with Gasteiger partial charge in [0.25, 0.3) is 0 Å². The Morgan fingerprint density at radius 3 is 2.19 bits per heavy atom. The Hall–Kier alpha value is -2.17. The standard InChI is InChI=1S/C17H17NO3/c1-20-18-10-17(19)21-11-16-14-8-4-2-6-12(14)13-7-3-5-9-15(13)16/h2-9,16,18H,10-11H2,1H3. The number of hydrogen-bond acceptors (Lipinski definition) is 4. The molecule has 4 heteroatoms. The summed E-state index contributed by atoms with van der Waals surface area (Å²) >= 11 is 0. The van der Waals surface area contributed by atoms with Crippen molar-refractivity contribution >= 4 is 5.97 Å². The maximum Gasteiger partial charge on any atom is 0.322 e. The van der Waals surface area contributed by atoms with E-state index < -0.39 is 0 Å². The average Bonchev–Trinajstić information content (AvgIpc) is 2.85. The van der Waals surface area contributed by atoms with Crippen molar-refractivity contribution in [2.75, 3.05) is 20.3 Å². The highest BCUT2D eigenvalue weighted by molar-refractivity contribution is 5.79. The summed E-state index contributed by atoms with van der Waals surface area (Å²) in [5.74, 6) is -0.220. The summed E-state index contributed by atoms with van der Waals surface area (Å²) in [6.07, 6.45) is 0. The maximum absolute atomic E-state index is 11.6. The van der Waals surface area contributed by atoms with Gasteiger partial charge in [-0.2, -0.15) is 5.48 Å². The van der Waals surface area contributed by atoms with Gasteiger partial charge in [-0.15, -0.1) is 0 Å². The van der Waals surface area contributed by atoms with Crippen molar-refractivity contribution in [3.05, 3.63) is 59.7 Å². The molecule has 21 heavy (non-hydrogen) atoms. The number of benzene rings is 2. The highest BCUT2D eigenvalue weighted by Crippen LogP contribution is 2.44. The predicted molar refractivity (Wildman–Crippen MR) is 79.7 cm³/mol. The molecule has 0 bridgehead atoms. The topological polar surface area (TPSA) is 47.6 Å². The van der Waals surface area contributed by atoms with Crippen molar-refractivity contribution < 1.29 is 14.4 Å². The van der Waals surface area contributed by atoms with Crippen molar-refractivity contribution in [1.29, 1.82) is 0 Å². The lowest BCUT2D eigenvalue weighted by atomic mass is 9.98. The first-order valence-electron chi connectivity index (χ1n) is 6.91. The minimum Gasteiger partial charge on any atom is -0.464 e. The Balaban J connectivity index is 1.81. The number of nitrogens with one attached hydrogen (secondary N) is 1. The highest BCUT2D eigenvalue weighted by atomic mass is 16.6. The number of ether oxygens (including phenoxy) is 1. The number of carbonyl (C=O) groups excluding carboxylic acids is 1. The van der Waals surface area contributed by atoms with E-state index in [1.165, 1.54) is 29.4 Å². The molecule has 4 nitrogen and oxygen atoms in total. The van der Waals surface area contributed by atoms with Crippen molar-refractivity contribution in [1.82, 2.24) is 5.48 Å². The molecule has 0 heterocycles. The van der Waals surface area contributed by atoms with Gasteiger partial charge in [0.2, 0.25) is 0 Å². The third-order valence-electron chi connectivity index (χ3n) is 3.73. The van der Waals surface area contributed by atoms with E-state index in [4.69, 9.17) is 4.74 Å². The Labute approximate surface area is 123 Å². The van der Waals surface area contributed by atoms with Crippen molar-refractivity contribution in [3.63, 3.8) is 0 Å². The second-order valence-electron chi connectivity index (χ2n) is 4.94. The van der Waals surface area contributed by atoms with Gasteiger partial charge in [0.15, 0.2) is 0 Å². The van der Waals surface area contributed by atoms with Crippen LogP contribution in [0.5, 0.6) is 0 Å². The van der Waals surface area contributed by atoms with Crippen LogP contribution in [-0.2, 0) is 14.4 Å². The van der Waals surface area contributed by atoms with E-state index in [0.29, 0.717) is 6.61 Å². The molecule has 2 aromatic carbocycles. The highest BCUT2D eigenvalue weighted by Gasteiger charge is 2.28. The molecule has 0 spiro atoms. The van der Waals surface area contributed by atoms with Gasteiger partial charge in [-0.25, -0.2) is 0 Å². The second kappa shape index (κ2) is 6.08. The number of fused-ring (bicyclic) bond motifs is 3. The second-order valence-corrected chi connectivity index (χ2v) is 4.94. The first-order chi connectivity index (χ1) is 10.3. The predicted octanol–water partition coefficient (Wildman–Crippen LogP) is 2.49. The summed E-state index contributed by atoms with van der Waals surface area (Å²) in [6.45, 7) is 0.394. The third-order valence-corrected chi connectivity index (χ3v) is 3.73. The fourth-order valence-corrected chi connectivity index (χ4v) is 2.80. The fourth-order valence-electron chi connectivity index (χ4n) is 2.80. The third kappa shape index (κ3) is 2.68. The van der Waals surface area contributed by atoms with E-state index >= 15 is 0 Å². The van der Waals surface area contributed by atoms with E-state index in [-0.39, 0.29) is 18.4 Å². The maximum atomic E-state index is 11.6. The number of rotatable bonds is 5. The number of hydrogen-bond donors (Lipinski definition) is 1. The fraction of sp³-hybridized carbons (Fsp3) is 0.235. The quantitative estimate of drug-likeness (QED) is 0.676. The normalized spacial score (nSPS) is 12.8. The van der Waals surface area contributed by atoms with E-state index in [9.17, 15) is 4.79 Å². The Kier molecular flexibility index (Phi) is 3.99. The van der Waals surface area contributed by atoms with Gasteiger partial charge >= 0.3 is 5.97 Å². The van der Waals surface area contributed by atoms with Crippen LogP contribution < -0.4 is 5.48 Å². The molecule has 0 atom stereocenters. The summed E-state index contributed by atoms with van der Waals surface area (Å²) in [4.78, 5) is 16.3. The minimum atomic E-state index is -0.321. The van der Waals surface area contributed by atoms with Crippen molar-refractivity contribution in [2.45, 2.75) is 5.92 Å². The average molecular weight is 283 g/mol. The Bertz CT molecular complexity index is 608. The SMILES string of the molecule is CONCC(=O)OCC1c2ccccc2-c2ccccc21. The van der Waals surface area contributed by atoms with Crippen LogP contribution in [0.15, 0.2) is 48.5 Å². The summed E-state index contributed by atoms with van der Waals surface area (Å²) in [5, 5.41) is 0. The molecule has 0 aromatic heterocycles. The van der Waals surface area contributed by atoms with E-state index in [1.807, 2.05) is 24.3 Å². The van der Waals surface area contributed by atoms with Crippen LogP contribution >= 0.6 is 0 Å². The smallest absolute Gasteiger partial charge is 0.322 e. The van der Waals surface area contributed by atoms with Gasteiger partial charge < -0.3 is 9.57 Å². The van der Waals surface area contributed by atoms with Crippen LogP contribution in [0, 0.1) is 0 Å². The van der Waals surface area contributed by atoms with E-state index in [0.717, 1.165) is 0 Å². The Morgan fingerprint density at radius 2 is 1.62 bits per heavy atom. The van der Waals surface area contributed by atoms with Gasteiger partial charge in [0.1, 0.15) is 13.2 Å². The molecule has 3 rings (SSSR count). The molecule has 0 aliphatic heterocycles. The van der Waals surface area contributed by atoms with Crippen LogP contribution in [0.25, 0.3) is 11.1 Å². The number of hydroxylamine groups is 1. The van der Waals surface area contributed by atoms with Crippen LogP contribution in [-0.4, -0.2) is 26.2 Å². The monoisotopic (exact) mass is 283 g/mol. The summed E-state index contributed by atoms with van der Waals surface area (Å²) < 4.78 is 5.36. The van der Waals surface area contributed by atoms with Crippen LogP contribution in [0.3, 0.4) is 0 Å². The molecule has 0 radical (unpaired) electrons. The van der Waals surface area contributed by atoms with Gasteiger partial charge in [-0.05, 0) is 22.3 Å². The number of carbonyl (C=O) groups is 1. The zero-order valence-corrected chi connectivity index (χ0v) is 11.8. The molecular formula is C17H17NO3. The Morgan fingerprint density at radius 1 is 1.05 bits per heavy atom. The summed E-state index contributed by atoms with van der Waals surface area (Å²) in [6, 6.07) is 16.5. The zero-order valence-electron chi connectivity index (χ0n) is 11.8. The summed E-state index contributed by atoms with van der Waals surface area (Å²) in [7, 11) is 1.47. The molecule has 0 fully saturated rings. The number of esters is 1. The molecule has 0 unspecified atom stereocenters. The molecule has 1 aliphatic carbocycles. The molecule has 1 aliphatic rings. The molecule has 2 aromatic rings. The van der Waals surface area contributed by atoms with Crippen LogP contribution in [0.2, 0.25) is 0 Å². The molecular weight excluding hydrogens is 266 g/mol. The lowest BCUT2D eigenvalue weighted by molar-refractivity contribution is -0.145. The van der Waals surface area contributed by atoms with Crippen LogP contribution in [0.1, 0.15) is 17.0 Å². The van der Waals surface area contributed by atoms with Crippen molar-refractivity contribution in [2.24, 2.45) is 0 Å². The van der Waals surface area contributed by atoms with E-state index in [2.05, 4.69) is 34.6 Å². The molecule has 0 amide bonds. The van der Waals surface area contributed by atoms with Gasteiger partial charge in [0, 0.05) is 5.92 Å². The van der Waals surface area contributed by atoms with E-state index in [1.54, 1.807) is 0 Å². The lowest BCUT2D eigenvalue weighted by Crippen LogP contribution is -2.25. The zero-order chi connectivity index (χ0) is 14.7. The lowest BCUT2D eigenvalue weighted by Gasteiger charge is -2.14. The summed E-state index contributed by atoms with van der Waals surface area (Å²) in [5.41, 5.74) is 7.37. The molecule has 0 saturated carbocycles. The van der Waals surface area contributed by atoms with Gasteiger partial charge in [0.05, 0.1) is 7.11 Å². The molecule has 0 saturated heterocycles.